The number of H-pyrrole nitrogens is 1. The molecule has 1 aliphatic rings. The highest BCUT2D eigenvalue weighted by atomic mass is 32.1. The summed E-state index contributed by atoms with van der Waals surface area (Å²) >= 11 is 1.47. The Morgan fingerprint density at radius 2 is 2.09 bits per heavy atom. The van der Waals surface area contributed by atoms with E-state index in [2.05, 4.69) is 30.7 Å². The molecular weight excluding hydrogens is 424 g/mol. The summed E-state index contributed by atoms with van der Waals surface area (Å²) < 4.78 is 1.76. The van der Waals surface area contributed by atoms with Crippen molar-refractivity contribution in [1.82, 2.24) is 29.9 Å². The number of thiophene rings is 1. The molecule has 0 aromatic carbocycles. The third kappa shape index (κ3) is 2.95. The number of carbonyl (C=O) groups is 1. The lowest BCUT2D eigenvalue weighted by Gasteiger charge is -2.15. The number of nitrogens with zero attached hydrogens (tertiary/aromatic N) is 6. The maximum atomic E-state index is 11.7. The van der Waals surface area contributed by atoms with Gasteiger partial charge in [-0.25, -0.2) is 0 Å². The molecule has 0 saturated heterocycles. The molecule has 6 rings (SSSR count). The number of aromatic nitrogens is 6. The number of aromatic amines is 1. The fraction of sp³-hybridized carbons (Fsp3) is 0.136. The van der Waals surface area contributed by atoms with Crippen molar-refractivity contribution in [1.29, 1.82) is 0 Å². The highest BCUT2D eigenvalue weighted by Gasteiger charge is 2.26. The molecule has 2 N–H and O–H groups in total. The highest BCUT2D eigenvalue weighted by Crippen LogP contribution is 2.39. The van der Waals surface area contributed by atoms with Crippen molar-refractivity contribution in [2.45, 2.75) is 13.5 Å². The summed E-state index contributed by atoms with van der Waals surface area (Å²) in [6, 6.07) is 7.80. The number of hydrogen-bond donors (Lipinski definition) is 2. The van der Waals surface area contributed by atoms with E-state index in [-0.39, 0.29) is 5.78 Å². The van der Waals surface area contributed by atoms with Crippen LogP contribution in [0.1, 0.15) is 22.2 Å². The number of fused-ring (bicyclic) bond motifs is 2. The summed E-state index contributed by atoms with van der Waals surface area (Å²) in [6.07, 6.45) is 7.31. The van der Waals surface area contributed by atoms with Crippen molar-refractivity contribution in [3.8, 4) is 21.8 Å². The second kappa shape index (κ2) is 6.99. The Balaban J connectivity index is 1.37. The SMILES string of the molecule is CC(=O)c1ccc(-c2nccc3c2CN(c2n[nH]c4cnc(-c5cnn(C)c5)cc24)N3)s1. The Hall–Kier alpha value is -4.05. The molecule has 5 aromatic heterocycles. The Bertz CT molecular complexity index is 1500. The van der Waals surface area contributed by atoms with Crippen LogP contribution < -0.4 is 10.4 Å². The molecule has 0 fully saturated rings. The summed E-state index contributed by atoms with van der Waals surface area (Å²) in [5, 5.41) is 14.8. The quantitative estimate of drug-likeness (QED) is 0.405. The van der Waals surface area contributed by atoms with E-state index < -0.39 is 0 Å². The van der Waals surface area contributed by atoms with E-state index in [0.717, 1.165) is 54.7 Å². The summed E-state index contributed by atoms with van der Waals surface area (Å²) in [6.45, 7) is 2.18. The third-order valence-corrected chi connectivity index (χ3v) is 6.69. The second-order valence-corrected chi connectivity index (χ2v) is 8.75. The van der Waals surface area contributed by atoms with Crippen LogP contribution in [-0.4, -0.2) is 35.7 Å². The van der Waals surface area contributed by atoms with Crippen molar-refractivity contribution in [3.05, 3.63) is 59.5 Å². The van der Waals surface area contributed by atoms with Crippen molar-refractivity contribution >= 4 is 39.5 Å². The molecule has 0 unspecified atom stereocenters. The molecule has 9 nitrogen and oxygen atoms in total. The Morgan fingerprint density at radius 1 is 1.19 bits per heavy atom. The van der Waals surface area contributed by atoms with Gasteiger partial charge in [0.25, 0.3) is 0 Å². The Labute approximate surface area is 186 Å². The molecule has 0 spiro atoms. The van der Waals surface area contributed by atoms with Gasteiger partial charge >= 0.3 is 0 Å². The van der Waals surface area contributed by atoms with Gasteiger partial charge in [-0.15, -0.1) is 11.3 Å². The first-order valence-electron chi connectivity index (χ1n) is 10.0. The monoisotopic (exact) mass is 442 g/mol. The van der Waals surface area contributed by atoms with Crippen LogP contribution in [0.3, 0.4) is 0 Å². The number of hydrazine groups is 1. The first-order chi connectivity index (χ1) is 15.6. The Morgan fingerprint density at radius 3 is 2.88 bits per heavy atom. The number of Topliss-reactive ketones (excluding diaryl/α,β-unsaturated/α-hetero) is 1. The van der Waals surface area contributed by atoms with Gasteiger partial charge in [-0.3, -0.25) is 35.0 Å². The summed E-state index contributed by atoms with van der Waals surface area (Å²) in [5.41, 5.74) is 9.01. The molecule has 0 radical (unpaired) electrons. The molecule has 158 valence electrons. The van der Waals surface area contributed by atoms with E-state index in [1.165, 1.54) is 11.3 Å². The zero-order valence-corrected chi connectivity index (χ0v) is 18.1. The topological polar surface area (TPSA) is 105 Å². The molecule has 1 aliphatic heterocycles. The number of aryl methyl sites for hydroxylation is 1. The minimum absolute atomic E-state index is 0.0644. The van der Waals surface area contributed by atoms with Gasteiger partial charge in [-0.05, 0) is 31.2 Å². The van der Waals surface area contributed by atoms with Gasteiger partial charge in [-0.1, -0.05) is 0 Å². The lowest BCUT2D eigenvalue weighted by Crippen LogP contribution is -2.23. The average Bonchev–Trinajstić information content (AvgIpc) is 3.56. The van der Waals surface area contributed by atoms with E-state index >= 15 is 0 Å². The molecule has 0 bridgehead atoms. The number of anilines is 2. The molecule has 0 amide bonds. The van der Waals surface area contributed by atoms with Gasteiger partial charge in [0.05, 0.1) is 51.3 Å². The minimum atomic E-state index is 0.0644. The van der Waals surface area contributed by atoms with Crippen molar-refractivity contribution in [2.24, 2.45) is 7.05 Å². The van der Waals surface area contributed by atoms with Crippen molar-refractivity contribution in [2.75, 3.05) is 10.4 Å². The van der Waals surface area contributed by atoms with Crippen molar-refractivity contribution in [3.63, 3.8) is 0 Å². The molecule has 0 atom stereocenters. The number of hydrogen-bond acceptors (Lipinski definition) is 8. The smallest absolute Gasteiger partial charge is 0.177 e. The van der Waals surface area contributed by atoms with E-state index in [1.807, 2.05) is 42.5 Å². The zero-order chi connectivity index (χ0) is 21.8. The maximum absolute atomic E-state index is 11.7. The summed E-state index contributed by atoms with van der Waals surface area (Å²) in [4.78, 5) is 22.6. The Kier molecular flexibility index (Phi) is 4.08. The highest BCUT2D eigenvalue weighted by molar-refractivity contribution is 7.17. The van der Waals surface area contributed by atoms with E-state index in [9.17, 15) is 4.79 Å². The molecule has 0 aliphatic carbocycles. The molecule has 32 heavy (non-hydrogen) atoms. The van der Waals surface area contributed by atoms with E-state index in [4.69, 9.17) is 0 Å². The average molecular weight is 443 g/mol. The van der Waals surface area contributed by atoms with E-state index in [1.54, 1.807) is 30.2 Å². The van der Waals surface area contributed by atoms with Gasteiger partial charge in [0, 0.05) is 36.0 Å². The first kappa shape index (κ1) is 18.7. The van der Waals surface area contributed by atoms with Crippen LogP contribution in [0.5, 0.6) is 0 Å². The van der Waals surface area contributed by atoms with Gasteiger partial charge in [-0.2, -0.15) is 10.2 Å². The number of rotatable bonds is 4. The number of pyridine rings is 2. The molecule has 10 heteroatoms. The van der Waals surface area contributed by atoms with Crippen LogP contribution >= 0.6 is 11.3 Å². The van der Waals surface area contributed by atoms with Crippen LogP contribution in [-0.2, 0) is 13.6 Å². The standard InChI is InChI=1S/C22H18N8OS/c1-12(31)19-3-4-20(32-19)21-15-11-30(28-16(15)5-6-23-21)22-14-7-17(13-8-25-29(2)10-13)24-9-18(14)26-27-22/h3-10,28H,11H2,1-2H3,(H,26,27). The van der Waals surface area contributed by atoms with Crippen LogP contribution in [0, 0.1) is 0 Å². The van der Waals surface area contributed by atoms with Gasteiger partial charge in [0.15, 0.2) is 11.6 Å². The van der Waals surface area contributed by atoms with E-state index in [0.29, 0.717) is 6.54 Å². The fourth-order valence-electron chi connectivity index (χ4n) is 3.91. The van der Waals surface area contributed by atoms with Crippen LogP contribution in [0.2, 0.25) is 0 Å². The van der Waals surface area contributed by atoms with Gasteiger partial charge < -0.3 is 0 Å². The third-order valence-electron chi connectivity index (χ3n) is 5.50. The molecule has 6 heterocycles. The largest absolute Gasteiger partial charge is 0.296 e. The zero-order valence-electron chi connectivity index (χ0n) is 17.3. The normalized spacial score (nSPS) is 12.9. The predicted octanol–water partition coefficient (Wildman–Crippen LogP) is 4.03. The number of ketones is 1. The summed E-state index contributed by atoms with van der Waals surface area (Å²) in [5.74, 6) is 0.847. The predicted molar refractivity (Wildman–Crippen MR) is 123 cm³/mol. The molecule has 0 saturated carbocycles. The van der Waals surface area contributed by atoms with Crippen LogP contribution in [0.15, 0.2) is 49.1 Å². The first-order valence-corrected chi connectivity index (χ1v) is 10.8. The maximum Gasteiger partial charge on any atom is 0.177 e. The molecule has 5 aromatic rings. The van der Waals surface area contributed by atoms with Gasteiger partial charge in [0.2, 0.25) is 0 Å². The minimum Gasteiger partial charge on any atom is -0.296 e. The molecular formula is C22H18N8OS. The number of carbonyl (C=O) groups excluding carboxylic acids is 1. The second-order valence-electron chi connectivity index (χ2n) is 7.67. The lowest BCUT2D eigenvalue weighted by atomic mass is 10.1. The fourth-order valence-corrected chi connectivity index (χ4v) is 4.84. The number of nitrogens with one attached hydrogen (secondary N) is 2. The van der Waals surface area contributed by atoms with Crippen LogP contribution in [0.4, 0.5) is 11.5 Å². The van der Waals surface area contributed by atoms with Gasteiger partial charge in [0.1, 0.15) is 0 Å². The lowest BCUT2D eigenvalue weighted by molar-refractivity contribution is 0.102. The van der Waals surface area contributed by atoms with Crippen molar-refractivity contribution < 1.29 is 4.79 Å². The summed E-state index contributed by atoms with van der Waals surface area (Å²) in [7, 11) is 1.88. The van der Waals surface area contributed by atoms with Crippen LogP contribution in [0.25, 0.3) is 32.7 Å².